The topological polar surface area (TPSA) is 46.6 Å². The van der Waals surface area contributed by atoms with Gasteiger partial charge in [-0.05, 0) is 61.8 Å². The number of thiophene rings is 1. The van der Waals surface area contributed by atoms with E-state index >= 15 is 0 Å². The third-order valence-corrected chi connectivity index (χ3v) is 7.61. The van der Waals surface area contributed by atoms with Crippen molar-refractivity contribution < 1.29 is 12.6 Å². The van der Waals surface area contributed by atoms with Crippen LogP contribution in [-0.2, 0) is 14.3 Å². The van der Waals surface area contributed by atoms with Crippen molar-refractivity contribution >= 4 is 21.5 Å². The first kappa shape index (κ1) is 20.5. The average Bonchev–Trinajstić information content (AvgIpc) is 3.23. The smallest absolute Gasteiger partial charge is 0.297 e. The number of likely N-dealkylation sites (tertiary alicyclic amines) is 1. The summed E-state index contributed by atoms with van der Waals surface area (Å²) in [5.74, 6) is 0.500. The minimum atomic E-state index is -3.70. The Morgan fingerprint density at radius 1 is 1.15 bits per heavy atom. The van der Waals surface area contributed by atoms with Crippen LogP contribution in [0.25, 0.3) is 0 Å². The second-order valence-electron chi connectivity index (χ2n) is 7.19. The number of benzene rings is 1. The zero-order valence-electron chi connectivity index (χ0n) is 15.9. The summed E-state index contributed by atoms with van der Waals surface area (Å²) in [5.41, 5.74) is 0. The summed E-state index contributed by atoms with van der Waals surface area (Å²) in [5, 5.41) is 2.12. The lowest BCUT2D eigenvalue weighted by molar-refractivity contribution is 0.0910. The standard InChI is InChI=1S/C21H29NO3S2/c1-2-3-7-13-22-14-12-18(21-11-8-15-26-21)16-19(22)17-25-27(23,24)20-9-5-4-6-10-20/h4-6,8-11,15,18-19H,2-3,7,12-14,16-17H2,1H3. The average molecular weight is 408 g/mol. The van der Waals surface area contributed by atoms with E-state index in [2.05, 4.69) is 29.3 Å². The molecule has 0 radical (unpaired) electrons. The zero-order valence-corrected chi connectivity index (χ0v) is 17.6. The molecule has 1 aliphatic rings. The summed E-state index contributed by atoms with van der Waals surface area (Å²) in [4.78, 5) is 4.06. The fourth-order valence-electron chi connectivity index (χ4n) is 3.74. The van der Waals surface area contributed by atoms with Gasteiger partial charge in [-0.1, -0.05) is 44.0 Å². The Kier molecular flexibility index (Phi) is 7.47. The maximum absolute atomic E-state index is 12.5. The molecule has 0 spiro atoms. The van der Waals surface area contributed by atoms with Gasteiger partial charge in [-0.3, -0.25) is 9.08 Å². The maximum Gasteiger partial charge on any atom is 0.297 e. The van der Waals surface area contributed by atoms with Gasteiger partial charge in [0.1, 0.15) is 0 Å². The van der Waals surface area contributed by atoms with Gasteiger partial charge in [0.05, 0.1) is 11.5 Å². The first-order chi connectivity index (χ1) is 13.1. The highest BCUT2D eigenvalue weighted by atomic mass is 32.2. The fourth-order valence-corrected chi connectivity index (χ4v) is 5.58. The molecule has 0 saturated carbocycles. The van der Waals surface area contributed by atoms with Gasteiger partial charge < -0.3 is 0 Å². The molecule has 0 bridgehead atoms. The van der Waals surface area contributed by atoms with Crippen LogP contribution in [0.4, 0.5) is 0 Å². The van der Waals surface area contributed by atoms with Crippen LogP contribution in [0.3, 0.4) is 0 Å². The van der Waals surface area contributed by atoms with E-state index in [1.165, 1.54) is 17.7 Å². The lowest BCUT2D eigenvalue weighted by atomic mass is 9.89. The molecule has 3 rings (SSSR count). The highest BCUT2D eigenvalue weighted by molar-refractivity contribution is 7.86. The van der Waals surface area contributed by atoms with Crippen molar-refractivity contribution in [2.45, 2.75) is 55.9 Å². The third-order valence-electron chi connectivity index (χ3n) is 5.28. The van der Waals surface area contributed by atoms with Gasteiger partial charge in [0.15, 0.2) is 0 Å². The normalized spacial score (nSPS) is 21.4. The number of hydrogen-bond acceptors (Lipinski definition) is 5. The molecule has 2 heterocycles. The Hall–Kier alpha value is -1.21. The van der Waals surface area contributed by atoms with Crippen LogP contribution in [0.15, 0.2) is 52.7 Å². The van der Waals surface area contributed by atoms with Crippen LogP contribution in [-0.4, -0.2) is 39.1 Å². The van der Waals surface area contributed by atoms with Crippen LogP contribution in [0.2, 0.25) is 0 Å². The van der Waals surface area contributed by atoms with Gasteiger partial charge in [-0.25, -0.2) is 0 Å². The Labute approximate surface area is 167 Å². The molecule has 0 N–H and O–H groups in total. The second kappa shape index (κ2) is 9.82. The summed E-state index contributed by atoms with van der Waals surface area (Å²) in [6.45, 7) is 4.46. The molecule has 1 saturated heterocycles. The maximum atomic E-state index is 12.5. The number of nitrogens with zero attached hydrogens (tertiary/aromatic N) is 1. The molecule has 1 aliphatic heterocycles. The quantitative estimate of drug-likeness (QED) is 0.438. The van der Waals surface area contributed by atoms with Crippen molar-refractivity contribution in [3.05, 3.63) is 52.7 Å². The van der Waals surface area contributed by atoms with Crippen LogP contribution in [0.1, 0.15) is 49.8 Å². The molecular weight excluding hydrogens is 378 g/mol. The summed E-state index contributed by atoms with van der Waals surface area (Å²) >= 11 is 1.80. The molecule has 2 unspecified atom stereocenters. The van der Waals surface area contributed by atoms with Crippen molar-refractivity contribution in [3.8, 4) is 0 Å². The highest BCUT2D eigenvalue weighted by Gasteiger charge is 2.31. The van der Waals surface area contributed by atoms with Crippen LogP contribution < -0.4 is 0 Å². The largest absolute Gasteiger partial charge is 0.298 e. The first-order valence-corrected chi connectivity index (χ1v) is 12.1. The van der Waals surface area contributed by atoms with E-state index in [0.717, 1.165) is 32.4 Å². The lowest BCUT2D eigenvalue weighted by Gasteiger charge is -2.39. The molecule has 1 fully saturated rings. The third kappa shape index (κ3) is 5.64. The molecule has 1 aromatic carbocycles. The van der Waals surface area contributed by atoms with E-state index < -0.39 is 10.1 Å². The molecule has 27 heavy (non-hydrogen) atoms. The van der Waals surface area contributed by atoms with Crippen molar-refractivity contribution in [1.29, 1.82) is 0 Å². The Bertz CT molecular complexity index is 775. The predicted molar refractivity (Wildman–Crippen MR) is 111 cm³/mol. The summed E-state index contributed by atoms with van der Waals surface area (Å²) in [6, 6.07) is 12.9. The van der Waals surface area contributed by atoms with Gasteiger partial charge >= 0.3 is 0 Å². The van der Waals surface area contributed by atoms with E-state index in [-0.39, 0.29) is 17.5 Å². The SMILES string of the molecule is CCCCCN1CCC(c2cccs2)CC1COS(=O)(=O)c1ccccc1. The number of piperidine rings is 1. The minimum absolute atomic E-state index is 0.140. The molecule has 148 valence electrons. The fraction of sp³-hybridized carbons (Fsp3) is 0.524. The highest BCUT2D eigenvalue weighted by Crippen LogP contribution is 2.34. The van der Waals surface area contributed by atoms with E-state index in [4.69, 9.17) is 4.18 Å². The van der Waals surface area contributed by atoms with Gasteiger partial charge in [-0.15, -0.1) is 11.3 Å². The summed E-state index contributed by atoms with van der Waals surface area (Å²) in [7, 11) is -3.70. The predicted octanol–water partition coefficient (Wildman–Crippen LogP) is 4.89. The van der Waals surface area contributed by atoms with Crippen molar-refractivity contribution in [3.63, 3.8) is 0 Å². The van der Waals surface area contributed by atoms with Crippen molar-refractivity contribution in [1.82, 2.24) is 4.90 Å². The Morgan fingerprint density at radius 2 is 1.96 bits per heavy atom. The van der Waals surface area contributed by atoms with Crippen molar-refractivity contribution in [2.24, 2.45) is 0 Å². The van der Waals surface area contributed by atoms with Crippen LogP contribution in [0.5, 0.6) is 0 Å². The molecule has 2 atom stereocenters. The molecular formula is C21H29NO3S2. The number of hydrogen-bond donors (Lipinski definition) is 0. The summed E-state index contributed by atoms with van der Waals surface area (Å²) in [6.07, 6.45) is 5.64. The molecule has 0 amide bonds. The first-order valence-electron chi connectivity index (χ1n) is 9.82. The van der Waals surface area contributed by atoms with Crippen LogP contribution >= 0.6 is 11.3 Å². The molecule has 0 aliphatic carbocycles. The van der Waals surface area contributed by atoms with Gasteiger partial charge in [0.2, 0.25) is 0 Å². The van der Waals surface area contributed by atoms with Crippen molar-refractivity contribution in [2.75, 3.05) is 19.7 Å². The Morgan fingerprint density at radius 3 is 2.67 bits per heavy atom. The van der Waals surface area contributed by atoms with Gasteiger partial charge in [0.25, 0.3) is 10.1 Å². The van der Waals surface area contributed by atoms with Gasteiger partial charge in [0, 0.05) is 10.9 Å². The zero-order chi connectivity index (χ0) is 19.1. The molecule has 2 aromatic rings. The second-order valence-corrected chi connectivity index (χ2v) is 9.78. The molecule has 1 aromatic heterocycles. The van der Waals surface area contributed by atoms with E-state index in [0.29, 0.717) is 5.92 Å². The number of unbranched alkanes of at least 4 members (excludes halogenated alkanes) is 2. The Balaban J connectivity index is 1.66. The van der Waals surface area contributed by atoms with Crippen LogP contribution in [0, 0.1) is 0 Å². The van der Waals surface area contributed by atoms with E-state index in [1.54, 1.807) is 41.7 Å². The van der Waals surface area contributed by atoms with E-state index in [9.17, 15) is 8.42 Å². The lowest BCUT2D eigenvalue weighted by Crippen LogP contribution is -2.45. The minimum Gasteiger partial charge on any atom is -0.298 e. The summed E-state index contributed by atoms with van der Waals surface area (Å²) < 4.78 is 30.5. The monoisotopic (exact) mass is 407 g/mol. The number of rotatable bonds is 9. The van der Waals surface area contributed by atoms with E-state index in [1.807, 2.05) is 0 Å². The molecule has 4 nitrogen and oxygen atoms in total. The molecule has 6 heteroatoms. The van der Waals surface area contributed by atoms with Gasteiger partial charge in [-0.2, -0.15) is 8.42 Å².